The van der Waals surface area contributed by atoms with Crippen LogP contribution in [0.4, 0.5) is 11.6 Å². The van der Waals surface area contributed by atoms with Crippen LogP contribution in [0, 0.1) is 6.92 Å². The number of rotatable bonds is 6. The molecule has 0 saturated carbocycles. The molecule has 0 radical (unpaired) electrons. The minimum atomic E-state index is -1.03. The molecule has 0 aliphatic carbocycles. The fourth-order valence-corrected chi connectivity index (χ4v) is 4.33. The number of pyridine rings is 1. The minimum absolute atomic E-state index is 0.269. The van der Waals surface area contributed by atoms with Crippen molar-refractivity contribution in [1.29, 1.82) is 0 Å². The van der Waals surface area contributed by atoms with E-state index in [4.69, 9.17) is 9.72 Å². The van der Waals surface area contributed by atoms with E-state index in [2.05, 4.69) is 40.2 Å². The predicted octanol–water partition coefficient (Wildman–Crippen LogP) is 4.57. The van der Waals surface area contributed by atoms with E-state index in [0.717, 1.165) is 54.0 Å². The lowest BCUT2D eigenvalue weighted by atomic mass is 10.1. The third-order valence-corrected chi connectivity index (χ3v) is 6.43. The molecule has 1 fully saturated rings. The van der Waals surface area contributed by atoms with Gasteiger partial charge < -0.3 is 20.1 Å². The zero-order valence-corrected chi connectivity index (χ0v) is 20.7. The lowest BCUT2D eigenvalue weighted by molar-refractivity contribution is 0.0738. The molecule has 5 rings (SSSR count). The number of aryl methyl sites for hydroxylation is 1. The van der Waals surface area contributed by atoms with Crippen molar-refractivity contribution in [3.63, 3.8) is 0 Å². The van der Waals surface area contributed by atoms with E-state index in [1.165, 1.54) is 0 Å². The Morgan fingerprint density at radius 1 is 1.09 bits per heavy atom. The van der Waals surface area contributed by atoms with Crippen LogP contribution < -0.4 is 10.1 Å². The Bertz CT molecular complexity index is 1340. The van der Waals surface area contributed by atoms with Gasteiger partial charge in [0.2, 0.25) is 5.95 Å². The summed E-state index contributed by atoms with van der Waals surface area (Å²) in [6.07, 6.45) is 6.09. The van der Waals surface area contributed by atoms with Gasteiger partial charge in [0.15, 0.2) is 5.65 Å². The third-order valence-electron chi connectivity index (χ3n) is 6.43. The molecule has 35 heavy (non-hydrogen) atoms. The number of piperidine rings is 1. The first-order valence-corrected chi connectivity index (χ1v) is 12.0. The fraction of sp³-hybridized carbons (Fsp3) is 0.370. The van der Waals surface area contributed by atoms with Crippen molar-refractivity contribution in [3.8, 4) is 11.6 Å². The molecule has 0 spiro atoms. The smallest absolute Gasteiger partial charge is 0.229 e. The van der Waals surface area contributed by atoms with Gasteiger partial charge in [-0.15, -0.1) is 0 Å². The molecule has 1 aliphatic rings. The van der Waals surface area contributed by atoms with E-state index in [-0.39, 0.29) is 6.10 Å². The Morgan fingerprint density at radius 2 is 1.89 bits per heavy atom. The van der Waals surface area contributed by atoms with Crippen LogP contribution >= 0.6 is 0 Å². The van der Waals surface area contributed by atoms with Gasteiger partial charge in [0, 0.05) is 36.6 Å². The summed E-state index contributed by atoms with van der Waals surface area (Å²) in [4.78, 5) is 16.2. The van der Waals surface area contributed by atoms with Gasteiger partial charge >= 0.3 is 0 Å². The van der Waals surface area contributed by atoms with Crippen molar-refractivity contribution in [2.45, 2.75) is 45.3 Å². The maximum absolute atomic E-state index is 10.4. The third kappa shape index (κ3) is 5.13. The number of anilines is 2. The second-order valence-electron chi connectivity index (χ2n) is 9.82. The Hall–Kier alpha value is -3.49. The summed E-state index contributed by atoms with van der Waals surface area (Å²) in [5.41, 5.74) is 2.29. The largest absolute Gasteiger partial charge is 0.490 e. The summed E-state index contributed by atoms with van der Waals surface area (Å²) in [5.74, 6) is 2.11. The molecule has 3 aromatic heterocycles. The first kappa shape index (κ1) is 23.3. The zero-order chi connectivity index (χ0) is 24.6. The van der Waals surface area contributed by atoms with Gasteiger partial charge in [0.05, 0.1) is 5.69 Å². The van der Waals surface area contributed by atoms with Crippen LogP contribution in [0.1, 0.15) is 37.9 Å². The van der Waals surface area contributed by atoms with Gasteiger partial charge in [-0.1, -0.05) is 6.07 Å². The van der Waals surface area contributed by atoms with Crippen molar-refractivity contribution in [1.82, 2.24) is 24.4 Å². The number of likely N-dealkylation sites (tertiary alicyclic amines) is 1. The highest BCUT2D eigenvalue weighted by atomic mass is 16.5. The van der Waals surface area contributed by atoms with Gasteiger partial charge in [-0.05, 0) is 82.6 Å². The Morgan fingerprint density at radius 3 is 2.63 bits per heavy atom. The summed E-state index contributed by atoms with van der Waals surface area (Å²) in [7, 11) is 2.15. The monoisotopic (exact) mass is 472 g/mol. The average molecular weight is 473 g/mol. The number of fused-ring (bicyclic) bond motifs is 1. The van der Waals surface area contributed by atoms with Crippen molar-refractivity contribution < 1.29 is 9.84 Å². The Labute approximate surface area is 205 Å². The number of ether oxygens (including phenoxy) is 1. The van der Waals surface area contributed by atoms with Gasteiger partial charge in [-0.2, -0.15) is 4.98 Å². The number of nitrogens with zero attached hydrogens (tertiary/aromatic N) is 5. The molecule has 4 aromatic rings. The first-order chi connectivity index (χ1) is 16.8. The topological polar surface area (TPSA) is 88.3 Å². The summed E-state index contributed by atoms with van der Waals surface area (Å²) >= 11 is 0. The number of aliphatic hydroxyl groups is 1. The average Bonchev–Trinajstić information content (AvgIpc) is 3.25. The SMILES string of the molecule is Cc1cc(Nc2ncc3ccn(-c4cccc(C(C)(C)O)n4)c3n2)ccc1OC1CCN(C)CC1. The molecular weight excluding hydrogens is 440 g/mol. The van der Waals surface area contributed by atoms with E-state index in [9.17, 15) is 5.11 Å². The molecule has 2 N–H and O–H groups in total. The highest BCUT2D eigenvalue weighted by Gasteiger charge is 2.20. The molecule has 0 atom stereocenters. The molecule has 1 aromatic carbocycles. The molecule has 1 aliphatic heterocycles. The van der Waals surface area contributed by atoms with E-state index < -0.39 is 5.60 Å². The quantitative estimate of drug-likeness (QED) is 0.425. The van der Waals surface area contributed by atoms with Crippen LogP contribution in [-0.4, -0.2) is 55.8 Å². The van der Waals surface area contributed by atoms with E-state index in [1.807, 2.05) is 47.2 Å². The van der Waals surface area contributed by atoms with Gasteiger partial charge in [0.1, 0.15) is 23.3 Å². The second kappa shape index (κ2) is 9.28. The normalized spacial score (nSPS) is 15.5. The van der Waals surface area contributed by atoms with Gasteiger partial charge in [0.25, 0.3) is 0 Å². The van der Waals surface area contributed by atoms with Crippen LogP contribution in [0.25, 0.3) is 16.9 Å². The lowest BCUT2D eigenvalue weighted by Gasteiger charge is -2.29. The molecule has 0 amide bonds. The highest BCUT2D eigenvalue weighted by molar-refractivity contribution is 5.78. The lowest BCUT2D eigenvalue weighted by Crippen LogP contribution is -2.35. The predicted molar refractivity (Wildman–Crippen MR) is 138 cm³/mol. The molecule has 182 valence electrons. The minimum Gasteiger partial charge on any atom is -0.490 e. The number of nitrogens with one attached hydrogen (secondary N) is 1. The first-order valence-electron chi connectivity index (χ1n) is 12.0. The molecule has 1 saturated heterocycles. The maximum Gasteiger partial charge on any atom is 0.229 e. The van der Waals surface area contributed by atoms with E-state index in [0.29, 0.717) is 17.5 Å². The second-order valence-corrected chi connectivity index (χ2v) is 9.82. The standard InChI is InChI=1S/C27H32N6O2/c1-18-16-20(8-9-22(18)35-21-11-13-32(4)14-12-21)29-26-28-17-19-10-15-33(25(19)31-26)24-7-5-6-23(30-24)27(2,3)34/h5-10,15-17,21,34H,11-14H2,1-4H3,(H,28,29,31). The number of hydrogen-bond donors (Lipinski definition) is 2. The maximum atomic E-state index is 10.4. The molecular formula is C27H32N6O2. The highest BCUT2D eigenvalue weighted by Crippen LogP contribution is 2.27. The summed E-state index contributed by atoms with van der Waals surface area (Å²) in [6, 6.07) is 13.6. The summed E-state index contributed by atoms with van der Waals surface area (Å²) in [5, 5.41) is 14.6. The van der Waals surface area contributed by atoms with Crippen LogP contribution in [0.3, 0.4) is 0 Å². The Balaban J connectivity index is 1.36. The Kier molecular flexibility index (Phi) is 6.17. The molecule has 8 heteroatoms. The van der Waals surface area contributed by atoms with Crippen molar-refractivity contribution in [3.05, 3.63) is 66.1 Å². The van der Waals surface area contributed by atoms with Crippen LogP contribution in [0.5, 0.6) is 5.75 Å². The number of hydrogen-bond acceptors (Lipinski definition) is 7. The summed E-state index contributed by atoms with van der Waals surface area (Å²) in [6.45, 7) is 7.66. The molecule has 0 bridgehead atoms. The van der Waals surface area contributed by atoms with E-state index in [1.54, 1.807) is 20.0 Å². The van der Waals surface area contributed by atoms with Crippen molar-refractivity contribution in [2.75, 3.05) is 25.5 Å². The van der Waals surface area contributed by atoms with Gasteiger partial charge in [-0.25, -0.2) is 9.97 Å². The fourth-order valence-electron chi connectivity index (χ4n) is 4.33. The van der Waals surface area contributed by atoms with Gasteiger partial charge in [-0.3, -0.25) is 4.57 Å². The molecule has 0 unspecified atom stereocenters. The van der Waals surface area contributed by atoms with Crippen LogP contribution in [0.15, 0.2) is 54.9 Å². The summed E-state index contributed by atoms with van der Waals surface area (Å²) < 4.78 is 8.18. The molecule has 8 nitrogen and oxygen atoms in total. The zero-order valence-electron chi connectivity index (χ0n) is 20.7. The number of aromatic nitrogens is 4. The van der Waals surface area contributed by atoms with Crippen molar-refractivity contribution in [2.24, 2.45) is 0 Å². The number of benzene rings is 1. The van der Waals surface area contributed by atoms with Crippen LogP contribution in [-0.2, 0) is 5.60 Å². The molecule has 4 heterocycles. The van der Waals surface area contributed by atoms with E-state index >= 15 is 0 Å². The van der Waals surface area contributed by atoms with Crippen molar-refractivity contribution >= 4 is 22.7 Å². The van der Waals surface area contributed by atoms with Crippen LogP contribution in [0.2, 0.25) is 0 Å².